The fourth-order valence-corrected chi connectivity index (χ4v) is 3.10. The lowest BCUT2D eigenvalue weighted by Gasteiger charge is -2.24. The van der Waals surface area contributed by atoms with E-state index in [1.165, 1.54) is 0 Å². The summed E-state index contributed by atoms with van der Waals surface area (Å²) < 4.78 is 5.58. The van der Waals surface area contributed by atoms with Crippen molar-refractivity contribution in [2.24, 2.45) is 0 Å². The summed E-state index contributed by atoms with van der Waals surface area (Å²) in [6.45, 7) is 1.25. The molecular formula is C17H19ClN2O4. The molecule has 0 aliphatic carbocycles. The van der Waals surface area contributed by atoms with E-state index in [-0.39, 0.29) is 25.0 Å². The van der Waals surface area contributed by atoms with Gasteiger partial charge in [0.15, 0.2) is 0 Å². The van der Waals surface area contributed by atoms with Gasteiger partial charge in [-0.25, -0.2) is 0 Å². The molecule has 24 heavy (non-hydrogen) atoms. The van der Waals surface area contributed by atoms with Crippen molar-refractivity contribution in [2.45, 2.75) is 25.4 Å². The molecular weight excluding hydrogens is 332 g/mol. The molecule has 0 radical (unpaired) electrons. The van der Waals surface area contributed by atoms with Crippen LogP contribution in [0.25, 0.3) is 10.9 Å². The number of carboxylic acid groups (broad SMARTS) is 1. The molecule has 7 heteroatoms. The predicted molar refractivity (Wildman–Crippen MR) is 90.4 cm³/mol. The van der Waals surface area contributed by atoms with Gasteiger partial charge in [-0.2, -0.15) is 0 Å². The number of amides is 1. The minimum Gasteiger partial charge on any atom is -0.481 e. The Morgan fingerprint density at radius 3 is 2.92 bits per heavy atom. The SMILES string of the molecule is O=C(O)CCN(C[C@H]1CCCO1)C(=O)c1cc2ccc(Cl)cc2[nH]1. The largest absolute Gasteiger partial charge is 0.481 e. The zero-order chi connectivity index (χ0) is 17.1. The number of aromatic amines is 1. The van der Waals surface area contributed by atoms with Gasteiger partial charge < -0.3 is 19.7 Å². The first-order valence-corrected chi connectivity index (χ1v) is 8.31. The second kappa shape index (κ2) is 7.23. The van der Waals surface area contributed by atoms with Crippen LogP contribution in [0.1, 0.15) is 29.8 Å². The highest BCUT2D eigenvalue weighted by Crippen LogP contribution is 2.21. The van der Waals surface area contributed by atoms with Crippen molar-refractivity contribution in [1.82, 2.24) is 9.88 Å². The lowest BCUT2D eigenvalue weighted by atomic mass is 10.2. The molecule has 1 atom stereocenters. The molecule has 1 amide bonds. The summed E-state index contributed by atoms with van der Waals surface area (Å²) in [6, 6.07) is 7.12. The highest BCUT2D eigenvalue weighted by Gasteiger charge is 2.24. The number of aliphatic carboxylic acids is 1. The molecule has 6 nitrogen and oxygen atoms in total. The molecule has 0 unspecified atom stereocenters. The summed E-state index contributed by atoms with van der Waals surface area (Å²) in [5, 5.41) is 10.4. The Hall–Kier alpha value is -2.05. The van der Waals surface area contributed by atoms with Crippen LogP contribution >= 0.6 is 11.6 Å². The fraction of sp³-hybridized carbons (Fsp3) is 0.412. The van der Waals surface area contributed by atoms with Crippen LogP contribution in [0.5, 0.6) is 0 Å². The minimum atomic E-state index is -0.927. The molecule has 0 spiro atoms. The van der Waals surface area contributed by atoms with Gasteiger partial charge in [0.05, 0.1) is 12.5 Å². The molecule has 1 saturated heterocycles. The number of hydrogen-bond donors (Lipinski definition) is 2. The van der Waals surface area contributed by atoms with E-state index in [9.17, 15) is 9.59 Å². The van der Waals surface area contributed by atoms with Gasteiger partial charge in [0.25, 0.3) is 5.91 Å². The van der Waals surface area contributed by atoms with Crippen LogP contribution in [-0.2, 0) is 9.53 Å². The molecule has 2 N–H and O–H groups in total. The lowest BCUT2D eigenvalue weighted by Crippen LogP contribution is -2.39. The molecule has 0 saturated carbocycles. The Morgan fingerprint density at radius 1 is 1.38 bits per heavy atom. The molecule has 1 fully saturated rings. The second-order valence-electron chi connectivity index (χ2n) is 5.94. The van der Waals surface area contributed by atoms with E-state index in [1.807, 2.05) is 6.07 Å². The highest BCUT2D eigenvalue weighted by atomic mass is 35.5. The third-order valence-electron chi connectivity index (χ3n) is 4.15. The summed E-state index contributed by atoms with van der Waals surface area (Å²) >= 11 is 5.97. The summed E-state index contributed by atoms with van der Waals surface area (Å²) in [5.41, 5.74) is 1.21. The van der Waals surface area contributed by atoms with Crippen LogP contribution in [0, 0.1) is 0 Å². The van der Waals surface area contributed by atoms with E-state index in [4.69, 9.17) is 21.4 Å². The Labute approximate surface area is 144 Å². The van der Waals surface area contributed by atoms with Gasteiger partial charge in [-0.15, -0.1) is 0 Å². The Morgan fingerprint density at radius 2 is 2.21 bits per heavy atom. The number of fused-ring (bicyclic) bond motifs is 1. The molecule has 1 aliphatic rings. The van der Waals surface area contributed by atoms with E-state index >= 15 is 0 Å². The van der Waals surface area contributed by atoms with Crippen molar-refractivity contribution >= 4 is 34.4 Å². The molecule has 1 aliphatic heterocycles. The first-order valence-electron chi connectivity index (χ1n) is 7.94. The van der Waals surface area contributed by atoms with Crippen molar-refractivity contribution in [3.05, 3.63) is 35.0 Å². The van der Waals surface area contributed by atoms with Crippen molar-refractivity contribution < 1.29 is 19.4 Å². The Bertz CT molecular complexity index is 752. The lowest BCUT2D eigenvalue weighted by molar-refractivity contribution is -0.137. The van der Waals surface area contributed by atoms with Crippen molar-refractivity contribution in [3.63, 3.8) is 0 Å². The van der Waals surface area contributed by atoms with E-state index in [1.54, 1.807) is 23.1 Å². The van der Waals surface area contributed by atoms with E-state index in [2.05, 4.69) is 4.98 Å². The monoisotopic (exact) mass is 350 g/mol. The molecule has 3 rings (SSSR count). The van der Waals surface area contributed by atoms with Gasteiger partial charge in [0, 0.05) is 35.6 Å². The number of carbonyl (C=O) groups excluding carboxylic acids is 1. The molecule has 128 valence electrons. The van der Waals surface area contributed by atoms with Gasteiger partial charge in [-0.05, 0) is 31.0 Å². The average molecular weight is 351 g/mol. The van der Waals surface area contributed by atoms with Gasteiger partial charge in [0.2, 0.25) is 0 Å². The van der Waals surface area contributed by atoms with Gasteiger partial charge in [0.1, 0.15) is 5.69 Å². The highest BCUT2D eigenvalue weighted by molar-refractivity contribution is 6.31. The van der Waals surface area contributed by atoms with Crippen LogP contribution in [0.4, 0.5) is 0 Å². The van der Waals surface area contributed by atoms with Crippen LogP contribution in [0.3, 0.4) is 0 Å². The molecule has 1 aromatic carbocycles. The number of H-pyrrole nitrogens is 1. The number of nitrogens with zero attached hydrogens (tertiary/aromatic N) is 1. The normalized spacial score (nSPS) is 17.3. The van der Waals surface area contributed by atoms with Crippen LogP contribution in [0.2, 0.25) is 5.02 Å². The number of hydrogen-bond acceptors (Lipinski definition) is 3. The van der Waals surface area contributed by atoms with Gasteiger partial charge in [-0.1, -0.05) is 17.7 Å². The van der Waals surface area contributed by atoms with E-state index in [0.717, 1.165) is 23.7 Å². The van der Waals surface area contributed by atoms with E-state index in [0.29, 0.717) is 23.9 Å². The number of rotatable bonds is 6. The molecule has 1 aromatic heterocycles. The predicted octanol–water partition coefficient (Wildman–Crippen LogP) is 2.92. The summed E-state index contributed by atoms with van der Waals surface area (Å²) in [4.78, 5) is 28.3. The van der Waals surface area contributed by atoms with Gasteiger partial charge >= 0.3 is 5.97 Å². The minimum absolute atomic E-state index is 0.0263. The first kappa shape index (κ1) is 16.8. The Kier molecular flexibility index (Phi) is 5.06. The third kappa shape index (κ3) is 3.88. The number of aromatic nitrogens is 1. The second-order valence-corrected chi connectivity index (χ2v) is 6.38. The fourth-order valence-electron chi connectivity index (χ4n) is 2.93. The number of halogens is 1. The zero-order valence-corrected chi connectivity index (χ0v) is 13.9. The smallest absolute Gasteiger partial charge is 0.305 e. The zero-order valence-electron chi connectivity index (χ0n) is 13.1. The third-order valence-corrected chi connectivity index (χ3v) is 4.38. The summed E-state index contributed by atoms with van der Waals surface area (Å²) in [7, 11) is 0. The maximum Gasteiger partial charge on any atom is 0.305 e. The number of ether oxygens (including phenoxy) is 1. The van der Waals surface area contributed by atoms with Crippen molar-refractivity contribution in [2.75, 3.05) is 19.7 Å². The van der Waals surface area contributed by atoms with Crippen LogP contribution < -0.4 is 0 Å². The number of carboxylic acids is 1. The molecule has 0 bridgehead atoms. The number of benzene rings is 1. The van der Waals surface area contributed by atoms with Crippen molar-refractivity contribution in [3.8, 4) is 0 Å². The number of carbonyl (C=O) groups is 2. The molecule has 2 heterocycles. The Balaban J connectivity index is 1.80. The maximum atomic E-state index is 12.8. The van der Waals surface area contributed by atoms with Gasteiger partial charge in [-0.3, -0.25) is 9.59 Å². The summed E-state index contributed by atoms with van der Waals surface area (Å²) in [5.74, 6) is -1.15. The number of nitrogens with one attached hydrogen (secondary N) is 1. The first-order chi connectivity index (χ1) is 11.5. The van der Waals surface area contributed by atoms with Crippen LogP contribution in [-0.4, -0.2) is 52.7 Å². The standard InChI is InChI=1S/C17H19ClN2O4/c18-12-4-3-11-8-15(19-14(11)9-12)17(23)20(6-5-16(21)22)10-13-2-1-7-24-13/h3-4,8-9,13,19H,1-2,5-7,10H2,(H,21,22)/t13-/m1/s1. The quantitative estimate of drug-likeness (QED) is 0.839. The molecule has 2 aromatic rings. The maximum absolute atomic E-state index is 12.8. The average Bonchev–Trinajstić information content (AvgIpc) is 3.19. The van der Waals surface area contributed by atoms with Crippen LogP contribution in [0.15, 0.2) is 24.3 Å². The van der Waals surface area contributed by atoms with Crippen molar-refractivity contribution in [1.29, 1.82) is 0 Å². The summed E-state index contributed by atoms with van der Waals surface area (Å²) in [6.07, 6.45) is 1.74. The topological polar surface area (TPSA) is 82.6 Å². The van der Waals surface area contributed by atoms with E-state index < -0.39 is 5.97 Å².